The Bertz CT molecular complexity index is 429. The standard InChI is InChI=1S/C11H11NOS3/c1-8-2-3-9(6-10(8)14)4-5-16-11(15)12-7-13/h2-7,14H,1H3,(H,12,13,15)/b5-4-. The van der Waals surface area contributed by atoms with Crippen LogP contribution in [0.4, 0.5) is 0 Å². The number of carbonyl (C=O) groups excluding carboxylic acids is 1. The molecule has 0 heterocycles. The van der Waals surface area contributed by atoms with Crippen molar-refractivity contribution in [2.24, 2.45) is 0 Å². The Hall–Kier alpha value is -0.780. The van der Waals surface area contributed by atoms with Gasteiger partial charge in [0.2, 0.25) is 6.41 Å². The van der Waals surface area contributed by atoms with Crippen LogP contribution in [0.2, 0.25) is 0 Å². The molecule has 0 aliphatic rings. The molecule has 1 rings (SSSR count). The summed E-state index contributed by atoms with van der Waals surface area (Å²) in [5, 5.41) is 4.23. The summed E-state index contributed by atoms with van der Waals surface area (Å²) in [6, 6.07) is 5.99. The molecule has 0 aliphatic carbocycles. The van der Waals surface area contributed by atoms with Gasteiger partial charge in [-0.3, -0.25) is 4.79 Å². The summed E-state index contributed by atoms with van der Waals surface area (Å²) < 4.78 is 0.435. The molecule has 1 N–H and O–H groups in total. The zero-order chi connectivity index (χ0) is 12.0. The van der Waals surface area contributed by atoms with Gasteiger partial charge in [-0.1, -0.05) is 36.1 Å². The minimum absolute atomic E-state index is 0.435. The van der Waals surface area contributed by atoms with Crippen LogP contribution >= 0.6 is 36.6 Å². The lowest BCUT2D eigenvalue weighted by atomic mass is 10.1. The second-order valence-electron chi connectivity index (χ2n) is 3.02. The molecule has 0 spiro atoms. The summed E-state index contributed by atoms with van der Waals surface area (Å²) in [6.45, 7) is 2.01. The van der Waals surface area contributed by atoms with Crippen molar-refractivity contribution in [1.82, 2.24) is 5.32 Å². The summed E-state index contributed by atoms with van der Waals surface area (Å²) in [4.78, 5) is 11.0. The molecule has 1 amide bonds. The normalized spacial score (nSPS) is 10.4. The van der Waals surface area contributed by atoms with Gasteiger partial charge in [0.15, 0.2) is 0 Å². The Labute approximate surface area is 110 Å². The van der Waals surface area contributed by atoms with E-state index in [4.69, 9.17) is 12.2 Å². The highest BCUT2D eigenvalue weighted by Gasteiger charge is 1.94. The number of aryl methyl sites for hydroxylation is 1. The zero-order valence-corrected chi connectivity index (χ0v) is 11.2. The van der Waals surface area contributed by atoms with Gasteiger partial charge in [-0.05, 0) is 35.6 Å². The summed E-state index contributed by atoms with van der Waals surface area (Å²) in [5.74, 6) is 0. The first kappa shape index (κ1) is 13.3. The third-order valence-corrected chi connectivity index (χ3v) is 3.34. The maximum absolute atomic E-state index is 10.1. The second-order valence-corrected chi connectivity index (χ2v) is 5.08. The van der Waals surface area contributed by atoms with E-state index in [1.165, 1.54) is 11.8 Å². The predicted molar refractivity (Wildman–Crippen MR) is 76.9 cm³/mol. The molecular weight excluding hydrogens is 258 g/mol. The van der Waals surface area contributed by atoms with Gasteiger partial charge in [0, 0.05) is 4.90 Å². The molecule has 0 radical (unpaired) electrons. The van der Waals surface area contributed by atoms with Crippen molar-refractivity contribution < 1.29 is 4.79 Å². The van der Waals surface area contributed by atoms with Crippen LogP contribution in [0, 0.1) is 6.92 Å². The van der Waals surface area contributed by atoms with Crippen molar-refractivity contribution in [3.63, 3.8) is 0 Å². The van der Waals surface area contributed by atoms with Gasteiger partial charge in [-0.15, -0.1) is 12.6 Å². The van der Waals surface area contributed by atoms with Crippen LogP contribution in [0.5, 0.6) is 0 Å². The Morgan fingerprint density at radius 2 is 2.31 bits per heavy atom. The molecule has 16 heavy (non-hydrogen) atoms. The lowest BCUT2D eigenvalue weighted by molar-refractivity contribution is -0.108. The fraction of sp³-hybridized carbons (Fsp3) is 0.0909. The van der Waals surface area contributed by atoms with Gasteiger partial charge in [0.25, 0.3) is 0 Å². The zero-order valence-electron chi connectivity index (χ0n) is 8.64. The van der Waals surface area contributed by atoms with Crippen molar-refractivity contribution in [2.75, 3.05) is 0 Å². The molecular formula is C11H11NOS3. The lowest BCUT2D eigenvalue weighted by Crippen LogP contribution is -2.14. The SMILES string of the molecule is Cc1ccc(/C=C\SC(=S)NC=O)cc1S. The van der Waals surface area contributed by atoms with E-state index in [1.807, 2.05) is 36.6 Å². The van der Waals surface area contributed by atoms with Gasteiger partial charge < -0.3 is 5.32 Å². The third-order valence-electron chi connectivity index (χ3n) is 1.85. The largest absolute Gasteiger partial charge is 0.314 e. The minimum Gasteiger partial charge on any atom is -0.314 e. The van der Waals surface area contributed by atoms with Crippen molar-refractivity contribution in [2.45, 2.75) is 11.8 Å². The number of hydrogen-bond donors (Lipinski definition) is 2. The van der Waals surface area contributed by atoms with Gasteiger partial charge in [-0.2, -0.15) is 0 Å². The van der Waals surface area contributed by atoms with Crippen LogP contribution in [0.3, 0.4) is 0 Å². The quantitative estimate of drug-likeness (QED) is 0.502. The van der Waals surface area contributed by atoms with Crippen LogP contribution in [-0.4, -0.2) is 10.7 Å². The molecule has 2 nitrogen and oxygen atoms in total. The summed E-state index contributed by atoms with van der Waals surface area (Å²) in [5.41, 5.74) is 2.20. The lowest BCUT2D eigenvalue weighted by Gasteiger charge is -2.00. The summed E-state index contributed by atoms with van der Waals surface area (Å²) >= 11 is 10.5. The summed E-state index contributed by atoms with van der Waals surface area (Å²) in [6.07, 6.45) is 2.49. The van der Waals surface area contributed by atoms with Crippen molar-refractivity contribution in [3.8, 4) is 0 Å². The van der Waals surface area contributed by atoms with E-state index < -0.39 is 0 Å². The van der Waals surface area contributed by atoms with Gasteiger partial charge >= 0.3 is 0 Å². The summed E-state index contributed by atoms with van der Waals surface area (Å²) in [7, 11) is 0. The van der Waals surface area contributed by atoms with Crippen LogP contribution in [0.15, 0.2) is 28.5 Å². The van der Waals surface area contributed by atoms with Crippen LogP contribution in [0.1, 0.15) is 11.1 Å². The molecule has 0 aromatic heterocycles. The first-order chi connectivity index (χ1) is 7.63. The highest BCUT2D eigenvalue weighted by Crippen LogP contribution is 2.17. The number of carbonyl (C=O) groups is 1. The fourth-order valence-corrected chi connectivity index (χ4v) is 1.89. The highest BCUT2D eigenvalue weighted by molar-refractivity contribution is 8.25. The Kier molecular flexibility index (Phi) is 5.59. The average Bonchev–Trinajstić information content (AvgIpc) is 2.24. The van der Waals surface area contributed by atoms with Gasteiger partial charge in [-0.25, -0.2) is 0 Å². The molecule has 0 bridgehead atoms. The van der Waals surface area contributed by atoms with Gasteiger partial charge in [0.1, 0.15) is 4.32 Å². The minimum atomic E-state index is 0.435. The predicted octanol–water partition coefficient (Wildman–Crippen LogP) is 3.02. The van der Waals surface area contributed by atoms with Gasteiger partial charge in [0.05, 0.1) is 0 Å². The second kappa shape index (κ2) is 6.73. The first-order valence-electron chi connectivity index (χ1n) is 4.50. The van der Waals surface area contributed by atoms with Crippen molar-refractivity contribution >= 4 is 53.4 Å². The Morgan fingerprint density at radius 1 is 1.56 bits per heavy atom. The maximum atomic E-state index is 10.1. The molecule has 84 valence electrons. The van der Waals surface area contributed by atoms with Crippen LogP contribution in [-0.2, 0) is 4.79 Å². The molecule has 0 unspecified atom stereocenters. The Morgan fingerprint density at radius 3 is 2.94 bits per heavy atom. The number of nitrogens with one attached hydrogen (secondary N) is 1. The number of thiocarbonyl (C=S) groups is 1. The van der Waals surface area contributed by atoms with E-state index in [1.54, 1.807) is 0 Å². The number of thioether (sulfide) groups is 1. The fourth-order valence-electron chi connectivity index (χ4n) is 0.987. The number of benzene rings is 1. The van der Waals surface area contributed by atoms with E-state index in [0.29, 0.717) is 10.7 Å². The van der Waals surface area contributed by atoms with Crippen LogP contribution < -0.4 is 5.32 Å². The molecule has 1 aromatic carbocycles. The van der Waals surface area contributed by atoms with E-state index in [0.717, 1.165) is 16.0 Å². The monoisotopic (exact) mass is 269 g/mol. The molecule has 5 heteroatoms. The van der Waals surface area contributed by atoms with Crippen molar-refractivity contribution in [1.29, 1.82) is 0 Å². The molecule has 0 aliphatic heterocycles. The molecule has 1 aromatic rings. The van der Waals surface area contributed by atoms with E-state index in [9.17, 15) is 4.79 Å². The highest BCUT2D eigenvalue weighted by atomic mass is 32.2. The molecule has 0 saturated heterocycles. The third kappa shape index (κ3) is 4.38. The van der Waals surface area contributed by atoms with E-state index in [-0.39, 0.29) is 0 Å². The van der Waals surface area contributed by atoms with E-state index >= 15 is 0 Å². The first-order valence-corrected chi connectivity index (χ1v) is 6.24. The van der Waals surface area contributed by atoms with E-state index in [2.05, 4.69) is 17.9 Å². The molecule has 0 saturated carbocycles. The topological polar surface area (TPSA) is 29.1 Å². The van der Waals surface area contributed by atoms with Crippen molar-refractivity contribution in [3.05, 3.63) is 34.7 Å². The number of thiol groups is 1. The number of hydrogen-bond acceptors (Lipinski definition) is 4. The van der Waals surface area contributed by atoms with Crippen LogP contribution in [0.25, 0.3) is 6.08 Å². The number of amides is 1. The average molecular weight is 269 g/mol. The smallest absolute Gasteiger partial charge is 0.212 e. The number of rotatable bonds is 3. The molecule has 0 fully saturated rings. The Balaban J connectivity index is 2.59. The molecule has 0 atom stereocenters. The maximum Gasteiger partial charge on any atom is 0.212 e.